The van der Waals surface area contributed by atoms with Gasteiger partial charge in [0.25, 0.3) is 5.91 Å². The molecular weight excluding hydrogens is 350 g/mol. The van der Waals surface area contributed by atoms with Crippen molar-refractivity contribution in [2.24, 2.45) is 5.92 Å². The summed E-state index contributed by atoms with van der Waals surface area (Å²) in [6.07, 6.45) is 0.868. The molecule has 1 aromatic heterocycles. The minimum atomic E-state index is -0.641. The fourth-order valence-electron chi connectivity index (χ4n) is 4.23. The molecule has 2 atom stereocenters. The van der Waals surface area contributed by atoms with Crippen molar-refractivity contribution >= 4 is 11.6 Å². The van der Waals surface area contributed by atoms with Crippen molar-refractivity contribution in [2.75, 3.05) is 20.2 Å². The van der Waals surface area contributed by atoms with Crippen LogP contribution in [0.25, 0.3) is 0 Å². The van der Waals surface area contributed by atoms with Crippen LogP contribution < -0.4 is 10.3 Å². The van der Waals surface area contributed by atoms with Gasteiger partial charge in [0.1, 0.15) is 5.75 Å². The Labute approximate surface area is 155 Å². The van der Waals surface area contributed by atoms with Crippen LogP contribution in [0.4, 0.5) is 5.69 Å². The zero-order chi connectivity index (χ0) is 19.1. The highest BCUT2D eigenvalue weighted by Crippen LogP contribution is 2.36. The summed E-state index contributed by atoms with van der Waals surface area (Å²) in [5, 5.41) is 11.0. The number of fused-ring (bicyclic) bond motifs is 4. The summed E-state index contributed by atoms with van der Waals surface area (Å²) in [5.41, 5.74) is 0.317. The number of hydrogen-bond acceptors (Lipinski definition) is 5. The van der Waals surface area contributed by atoms with Crippen LogP contribution in [0.3, 0.4) is 0 Å². The maximum absolute atomic E-state index is 13.0. The van der Waals surface area contributed by atoms with Gasteiger partial charge in [-0.15, -0.1) is 0 Å². The van der Waals surface area contributed by atoms with Gasteiger partial charge in [-0.3, -0.25) is 19.7 Å². The largest absolute Gasteiger partial charge is 0.496 e. The van der Waals surface area contributed by atoms with Crippen LogP contribution in [0.2, 0.25) is 0 Å². The quantitative estimate of drug-likeness (QED) is 0.609. The van der Waals surface area contributed by atoms with E-state index in [0.717, 1.165) is 12.1 Å². The molecule has 27 heavy (non-hydrogen) atoms. The summed E-state index contributed by atoms with van der Waals surface area (Å²) < 4.78 is 6.82. The summed E-state index contributed by atoms with van der Waals surface area (Å²) in [4.78, 5) is 37.6. The first-order valence-corrected chi connectivity index (χ1v) is 8.80. The van der Waals surface area contributed by atoms with E-state index >= 15 is 0 Å². The minimum absolute atomic E-state index is 0.00957. The number of nitro groups is 1. The van der Waals surface area contributed by atoms with Crippen molar-refractivity contribution in [2.45, 2.75) is 18.9 Å². The molecule has 2 aliphatic heterocycles. The average Bonchev–Trinajstić information content (AvgIpc) is 2.67. The summed E-state index contributed by atoms with van der Waals surface area (Å²) >= 11 is 0. The molecule has 1 aromatic carbocycles. The van der Waals surface area contributed by atoms with Crippen molar-refractivity contribution < 1.29 is 14.5 Å². The normalized spacial score (nSPS) is 20.7. The Bertz CT molecular complexity index is 984. The zero-order valence-corrected chi connectivity index (χ0v) is 14.8. The SMILES string of the molecule is COc1ccccc1C(=O)N1C[C@H]2C[C@@H](C1)c1ccc([N+](=O)[O-])c(=O)n1C2. The molecule has 2 aliphatic rings. The Morgan fingerprint density at radius 3 is 2.70 bits per heavy atom. The molecule has 4 rings (SSSR count). The Kier molecular flexibility index (Phi) is 4.18. The highest BCUT2D eigenvalue weighted by atomic mass is 16.6. The third-order valence-electron chi connectivity index (χ3n) is 5.41. The molecule has 8 nitrogen and oxygen atoms in total. The lowest BCUT2D eigenvalue weighted by Crippen LogP contribution is -2.49. The number of methoxy groups -OCH3 is 1. The summed E-state index contributed by atoms with van der Waals surface area (Å²) in [5.74, 6) is 0.518. The van der Waals surface area contributed by atoms with Crippen molar-refractivity contribution in [3.63, 3.8) is 0 Å². The number of carbonyl (C=O) groups excluding carboxylic acids is 1. The number of aromatic nitrogens is 1. The number of carbonyl (C=O) groups is 1. The summed E-state index contributed by atoms with van der Waals surface area (Å²) in [6.45, 7) is 1.38. The number of rotatable bonds is 3. The molecule has 0 unspecified atom stereocenters. The van der Waals surface area contributed by atoms with Gasteiger partial charge >= 0.3 is 11.2 Å². The van der Waals surface area contributed by atoms with Gasteiger partial charge in [0.05, 0.1) is 17.6 Å². The zero-order valence-electron chi connectivity index (χ0n) is 14.8. The van der Waals surface area contributed by atoms with Crippen molar-refractivity contribution in [1.82, 2.24) is 9.47 Å². The Morgan fingerprint density at radius 1 is 1.19 bits per heavy atom. The van der Waals surface area contributed by atoms with Crippen LogP contribution >= 0.6 is 0 Å². The van der Waals surface area contributed by atoms with Gasteiger partial charge in [0.2, 0.25) is 0 Å². The predicted molar refractivity (Wildman–Crippen MR) is 97.1 cm³/mol. The van der Waals surface area contributed by atoms with Crippen LogP contribution in [0, 0.1) is 16.0 Å². The number of pyridine rings is 1. The third-order valence-corrected chi connectivity index (χ3v) is 5.41. The molecule has 8 heteroatoms. The maximum Gasteiger partial charge on any atom is 0.334 e. The molecule has 140 valence electrons. The molecule has 2 aromatic rings. The van der Waals surface area contributed by atoms with Gasteiger partial charge < -0.3 is 14.2 Å². The molecule has 1 amide bonds. The van der Waals surface area contributed by atoms with Gasteiger partial charge in [-0.25, -0.2) is 0 Å². The lowest BCUT2D eigenvalue weighted by Gasteiger charge is -2.42. The first kappa shape index (κ1) is 17.3. The Morgan fingerprint density at radius 2 is 1.96 bits per heavy atom. The second-order valence-electron chi connectivity index (χ2n) is 7.03. The number of para-hydroxylation sites is 1. The van der Waals surface area contributed by atoms with Crippen LogP contribution in [-0.2, 0) is 6.54 Å². The Balaban J connectivity index is 1.65. The van der Waals surface area contributed by atoms with Crippen molar-refractivity contribution in [1.29, 1.82) is 0 Å². The second-order valence-corrected chi connectivity index (χ2v) is 7.03. The second kappa shape index (κ2) is 6.53. The van der Waals surface area contributed by atoms with Crippen molar-refractivity contribution in [3.8, 4) is 5.75 Å². The van der Waals surface area contributed by atoms with Crippen molar-refractivity contribution in [3.05, 3.63) is 68.1 Å². The molecule has 0 radical (unpaired) electrons. The highest BCUT2D eigenvalue weighted by molar-refractivity contribution is 5.97. The van der Waals surface area contributed by atoms with Gasteiger partial charge in [0, 0.05) is 37.3 Å². The van der Waals surface area contributed by atoms with Crippen LogP contribution in [0.15, 0.2) is 41.2 Å². The molecule has 2 bridgehead atoms. The van der Waals surface area contributed by atoms with E-state index in [9.17, 15) is 19.7 Å². The van der Waals surface area contributed by atoms with E-state index in [4.69, 9.17) is 4.74 Å². The number of benzene rings is 1. The fourth-order valence-corrected chi connectivity index (χ4v) is 4.23. The number of ether oxygens (including phenoxy) is 1. The predicted octanol–water partition coefficient (Wildman–Crippen LogP) is 2.02. The standard InChI is InChI=1S/C19H19N3O5/c1-27-17-5-3-2-4-14(17)18(23)20-9-12-8-13(11-20)15-6-7-16(22(25)26)19(24)21(15)10-12/h2-7,12-13H,8-11H2,1H3/t12-,13+/m1/s1. The minimum Gasteiger partial charge on any atom is -0.496 e. The van der Waals surface area contributed by atoms with E-state index in [1.54, 1.807) is 29.2 Å². The van der Waals surface area contributed by atoms with Gasteiger partial charge in [-0.05, 0) is 30.5 Å². The number of amides is 1. The maximum atomic E-state index is 13.0. The molecule has 3 heterocycles. The first-order chi connectivity index (χ1) is 13.0. The monoisotopic (exact) mass is 369 g/mol. The lowest BCUT2D eigenvalue weighted by atomic mass is 9.83. The van der Waals surface area contributed by atoms with Gasteiger partial charge in [0.15, 0.2) is 0 Å². The lowest BCUT2D eigenvalue weighted by molar-refractivity contribution is -0.386. The van der Waals surface area contributed by atoms with E-state index in [1.807, 2.05) is 6.07 Å². The Hall–Kier alpha value is -3.16. The summed E-state index contributed by atoms with van der Waals surface area (Å²) in [6, 6.07) is 10.0. The molecule has 0 aliphatic carbocycles. The topological polar surface area (TPSA) is 94.7 Å². The number of likely N-dealkylation sites (tertiary alicyclic amines) is 1. The van der Waals surface area contributed by atoms with E-state index in [0.29, 0.717) is 30.9 Å². The van der Waals surface area contributed by atoms with Gasteiger partial charge in [-0.1, -0.05) is 12.1 Å². The molecule has 1 saturated heterocycles. The fraction of sp³-hybridized carbons (Fsp3) is 0.368. The molecule has 0 spiro atoms. The van der Waals surface area contributed by atoms with E-state index in [1.165, 1.54) is 17.7 Å². The number of piperidine rings is 1. The molecular formula is C19H19N3O5. The van der Waals surface area contributed by atoms with Crippen LogP contribution in [0.5, 0.6) is 5.75 Å². The van der Waals surface area contributed by atoms with E-state index in [-0.39, 0.29) is 17.7 Å². The van der Waals surface area contributed by atoms with E-state index in [2.05, 4.69) is 0 Å². The smallest absolute Gasteiger partial charge is 0.334 e. The third kappa shape index (κ3) is 2.87. The molecule has 1 fully saturated rings. The van der Waals surface area contributed by atoms with Crippen LogP contribution in [-0.4, -0.2) is 40.5 Å². The molecule has 0 N–H and O–H groups in total. The molecule has 0 saturated carbocycles. The average molecular weight is 369 g/mol. The van der Waals surface area contributed by atoms with E-state index < -0.39 is 16.2 Å². The number of hydrogen-bond donors (Lipinski definition) is 0. The number of nitrogens with zero attached hydrogens (tertiary/aromatic N) is 3. The van der Waals surface area contributed by atoms with Crippen LogP contribution in [0.1, 0.15) is 28.4 Å². The summed E-state index contributed by atoms with van der Waals surface area (Å²) in [7, 11) is 1.53. The first-order valence-electron chi connectivity index (χ1n) is 8.80. The highest BCUT2D eigenvalue weighted by Gasteiger charge is 2.38. The van der Waals surface area contributed by atoms with Gasteiger partial charge in [-0.2, -0.15) is 0 Å².